The zero-order valence-corrected chi connectivity index (χ0v) is 12.0. The standard InChI is InChI=1S/C14H15N3O2S/c1-10-13(20-16-15-10)14(18)17-7-8-19-12(9-17)11-5-3-2-4-6-11/h2-6,12H,7-9H2,1H3/t12-/m0/s1. The van der Waals surface area contributed by atoms with Gasteiger partial charge in [-0.25, -0.2) is 0 Å². The van der Waals surface area contributed by atoms with Crippen LogP contribution in [0.4, 0.5) is 0 Å². The lowest BCUT2D eigenvalue weighted by atomic mass is 10.1. The Morgan fingerprint density at radius 3 is 2.90 bits per heavy atom. The summed E-state index contributed by atoms with van der Waals surface area (Å²) < 4.78 is 9.60. The Morgan fingerprint density at radius 1 is 1.40 bits per heavy atom. The third-order valence-corrected chi connectivity index (χ3v) is 4.19. The monoisotopic (exact) mass is 289 g/mol. The zero-order valence-electron chi connectivity index (χ0n) is 11.2. The van der Waals surface area contributed by atoms with E-state index in [1.807, 2.05) is 42.2 Å². The van der Waals surface area contributed by atoms with Gasteiger partial charge < -0.3 is 9.64 Å². The fraction of sp³-hybridized carbons (Fsp3) is 0.357. The van der Waals surface area contributed by atoms with E-state index in [1.165, 1.54) is 0 Å². The van der Waals surface area contributed by atoms with Gasteiger partial charge in [0.2, 0.25) is 0 Å². The highest BCUT2D eigenvalue weighted by Gasteiger charge is 2.28. The van der Waals surface area contributed by atoms with Crippen LogP contribution in [0.2, 0.25) is 0 Å². The van der Waals surface area contributed by atoms with Crippen LogP contribution >= 0.6 is 11.5 Å². The normalized spacial score (nSPS) is 19.1. The van der Waals surface area contributed by atoms with Crippen molar-refractivity contribution in [2.75, 3.05) is 19.7 Å². The summed E-state index contributed by atoms with van der Waals surface area (Å²) in [6, 6.07) is 9.99. The molecule has 0 radical (unpaired) electrons. The Kier molecular flexibility index (Phi) is 3.75. The molecule has 0 unspecified atom stereocenters. The molecule has 5 nitrogen and oxygen atoms in total. The third-order valence-electron chi connectivity index (χ3n) is 3.37. The Morgan fingerprint density at radius 2 is 2.20 bits per heavy atom. The van der Waals surface area contributed by atoms with Crippen LogP contribution in [0.15, 0.2) is 30.3 Å². The van der Waals surface area contributed by atoms with Crippen LogP contribution in [0, 0.1) is 6.92 Å². The molecule has 0 N–H and O–H groups in total. The van der Waals surface area contributed by atoms with E-state index in [0.717, 1.165) is 17.1 Å². The predicted molar refractivity (Wildman–Crippen MR) is 75.7 cm³/mol. The van der Waals surface area contributed by atoms with Gasteiger partial charge in [-0.05, 0) is 24.0 Å². The quantitative estimate of drug-likeness (QED) is 0.849. The summed E-state index contributed by atoms with van der Waals surface area (Å²) in [7, 11) is 0. The number of morpholine rings is 1. The molecule has 3 rings (SSSR count). The highest BCUT2D eigenvalue weighted by atomic mass is 32.1. The number of hydrogen-bond donors (Lipinski definition) is 0. The van der Waals surface area contributed by atoms with Crippen molar-refractivity contribution >= 4 is 17.4 Å². The first-order valence-corrected chi connectivity index (χ1v) is 7.28. The van der Waals surface area contributed by atoms with Gasteiger partial charge in [0.15, 0.2) is 0 Å². The SMILES string of the molecule is Cc1nnsc1C(=O)N1CCO[C@H](c2ccccc2)C1. The second kappa shape index (κ2) is 5.68. The molecule has 1 aromatic heterocycles. The van der Waals surface area contributed by atoms with Crippen LogP contribution in [0.3, 0.4) is 0 Å². The largest absolute Gasteiger partial charge is 0.370 e. The highest BCUT2D eigenvalue weighted by molar-refractivity contribution is 7.07. The lowest BCUT2D eigenvalue weighted by molar-refractivity contribution is -0.0226. The minimum absolute atomic E-state index is 0.00160. The van der Waals surface area contributed by atoms with Gasteiger partial charge in [0.1, 0.15) is 11.0 Å². The van der Waals surface area contributed by atoms with E-state index < -0.39 is 0 Å². The summed E-state index contributed by atoms with van der Waals surface area (Å²) in [4.78, 5) is 14.9. The van der Waals surface area contributed by atoms with E-state index in [-0.39, 0.29) is 12.0 Å². The highest BCUT2D eigenvalue weighted by Crippen LogP contribution is 2.24. The minimum Gasteiger partial charge on any atom is -0.370 e. The van der Waals surface area contributed by atoms with Crippen LogP contribution in [0.25, 0.3) is 0 Å². The molecule has 1 fully saturated rings. The average Bonchev–Trinajstić information content (AvgIpc) is 2.94. The average molecular weight is 289 g/mol. The molecule has 1 aliphatic rings. The Hall–Kier alpha value is -1.79. The maximum absolute atomic E-state index is 12.5. The van der Waals surface area contributed by atoms with Crippen molar-refractivity contribution in [1.29, 1.82) is 0 Å². The Balaban J connectivity index is 1.76. The Labute approximate surface area is 121 Å². The van der Waals surface area contributed by atoms with Crippen LogP contribution in [-0.4, -0.2) is 40.1 Å². The lowest BCUT2D eigenvalue weighted by Gasteiger charge is -2.32. The second-order valence-electron chi connectivity index (χ2n) is 4.71. The first kappa shape index (κ1) is 13.2. The van der Waals surface area contributed by atoms with Crippen molar-refractivity contribution in [2.45, 2.75) is 13.0 Å². The summed E-state index contributed by atoms with van der Waals surface area (Å²) in [6.45, 7) is 3.54. The number of rotatable bonds is 2. The molecular weight excluding hydrogens is 274 g/mol. The van der Waals surface area contributed by atoms with Crippen molar-refractivity contribution in [3.8, 4) is 0 Å². The van der Waals surface area contributed by atoms with Crippen LogP contribution in [-0.2, 0) is 4.74 Å². The molecule has 0 bridgehead atoms. The molecular formula is C14H15N3O2S. The summed E-state index contributed by atoms with van der Waals surface area (Å²) in [6.07, 6.45) is -0.0601. The molecule has 1 atom stereocenters. The van der Waals surface area contributed by atoms with Gasteiger partial charge in [0.05, 0.1) is 18.8 Å². The fourth-order valence-corrected chi connectivity index (χ4v) is 2.90. The maximum Gasteiger partial charge on any atom is 0.267 e. The zero-order chi connectivity index (χ0) is 13.9. The van der Waals surface area contributed by atoms with Gasteiger partial charge in [-0.2, -0.15) is 0 Å². The van der Waals surface area contributed by atoms with Gasteiger partial charge in [0, 0.05) is 6.54 Å². The van der Waals surface area contributed by atoms with Crippen LogP contribution in [0.5, 0.6) is 0 Å². The number of benzene rings is 1. The summed E-state index contributed by atoms with van der Waals surface area (Å²) >= 11 is 1.16. The topological polar surface area (TPSA) is 55.3 Å². The van der Waals surface area contributed by atoms with Crippen molar-refractivity contribution < 1.29 is 9.53 Å². The second-order valence-corrected chi connectivity index (χ2v) is 5.46. The van der Waals surface area contributed by atoms with Crippen molar-refractivity contribution in [1.82, 2.24) is 14.5 Å². The molecule has 6 heteroatoms. The lowest BCUT2D eigenvalue weighted by Crippen LogP contribution is -2.42. The van der Waals surface area contributed by atoms with E-state index in [4.69, 9.17) is 4.74 Å². The molecule has 104 valence electrons. The minimum atomic E-state index is -0.0601. The molecule has 2 heterocycles. The fourth-order valence-electron chi connectivity index (χ4n) is 2.27. The van der Waals surface area contributed by atoms with Gasteiger partial charge in [-0.15, -0.1) is 5.10 Å². The van der Waals surface area contributed by atoms with Crippen molar-refractivity contribution in [3.63, 3.8) is 0 Å². The van der Waals surface area contributed by atoms with E-state index in [0.29, 0.717) is 30.3 Å². The van der Waals surface area contributed by atoms with Gasteiger partial charge >= 0.3 is 0 Å². The third kappa shape index (κ3) is 2.57. The van der Waals surface area contributed by atoms with E-state index in [2.05, 4.69) is 9.59 Å². The molecule has 1 aliphatic heterocycles. The van der Waals surface area contributed by atoms with Gasteiger partial charge in [-0.1, -0.05) is 34.8 Å². The smallest absolute Gasteiger partial charge is 0.267 e. The molecule has 1 amide bonds. The Bertz CT molecular complexity index is 599. The van der Waals surface area contributed by atoms with Crippen molar-refractivity contribution in [3.05, 3.63) is 46.5 Å². The predicted octanol–water partition coefficient (Wildman–Crippen LogP) is 2.06. The first-order chi connectivity index (χ1) is 9.75. The maximum atomic E-state index is 12.5. The van der Waals surface area contributed by atoms with E-state index in [9.17, 15) is 4.79 Å². The number of carbonyl (C=O) groups is 1. The summed E-state index contributed by atoms with van der Waals surface area (Å²) in [5.74, 6) is 0.00160. The van der Waals surface area contributed by atoms with Crippen LogP contribution < -0.4 is 0 Å². The van der Waals surface area contributed by atoms with E-state index in [1.54, 1.807) is 0 Å². The number of aryl methyl sites for hydroxylation is 1. The first-order valence-electron chi connectivity index (χ1n) is 6.50. The molecule has 0 spiro atoms. The van der Waals surface area contributed by atoms with Gasteiger partial charge in [-0.3, -0.25) is 4.79 Å². The molecule has 1 aromatic carbocycles. The summed E-state index contributed by atoms with van der Waals surface area (Å²) in [5.41, 5.74) is 1.80. The molecule has 0 saturated carbocycles. The number of ether oxygens (including phenoxy) is 1. The molecule has 0 aliphatic carbocycles. The van der Waals surface area contributed by atoms with E-state index >= 15 is 0 Å². The molecule has 20 heavy (non-hydrogen) atoms. The van der Waals surface area contributed by atoms with Crippen LogP contribution in [0.1, 0.15) is 27.0 Å². The number of nitrogens with zero attached hydrogens (tertiary/aromatic N) is 3. The number of hydrogen-bond acceptors (Lipinski definition) is 5. The number of amides is 1. The molecule has 2 aromatic rings. The van der Waals surface area contributed by atoms with Crippen molar-refractivity contribution in [2.24, 2.45) is 0 Å². The van der Waals surface area contributed by atoms with Gasteiger partial charge in [0.25, 0.3) is 5.91 Å². The molecule has 1 saturated heterocycles. The number of carbonyl (C=O) groups excluding carboxylic acids is 1. The summed E-state index contributed by atoms with van der Waals surface area (Å²) in [5, 5.41) is 3.90. The number of aromatic nitrogens is 2.